The van der Waals surface area contributed by atoms with Crippen LogP contribution >= 0.6 is 0 Å². The molecule has 0 aliphatic carbocycles. The summed E-state index contributed by atoms with van der Waals surface area (Å²) >= 11 is 0. The van der Waals surface area contributed by atoms with Crippen molar-refractivity contribution >= 4 is 16.9 Å². The number of hydrogen-bond acceptors (Lipinski definition) is 3. The molecule has 1 aromatic heterocycles. The first-order valence-corrected chi connectivity index (χ1v) is 5.04. The number of rotatable bonds is 4. The number of furan rings is 1. The number of carbonyl (C=O) groups is 1. The van der Waals surface area contributed by atoms with Gasteiger partial charge in [0.2, 0.25) is 0 Å². The molecule has 0 saturated heterocycles. The van der Waals surface area contributed by atoms with Crippen LogP contribution in [0.1, 0.15) is 23.0 Å². The maximum atomic E-state index is 10.8. The van der Waals surface area contributed by atoms with E-state index in [1.54, 1.807) is 18.2 Å². The SMILES string of the molecule is CCOCc1cc2cc(C(=O)O)ccc2o1. The van der Waals surface area contributed by atoms with Gasteiger partial charge in [-0.1, -0.05) is 0 Å². The number of carboxylic acids is 1. The van der Waals surface area contributed by atoms with E-state index >= 15 is 0 Å². The lowest BCUT2D eigenvalue weighted by atomic mass is 10.1. The normalized spacial score (nSPS) is 10.8. The lowest BCUT2D eigenvalue weighted by Crippen LogP contribution is -1.94. The number of hydrogen-bond donors (Lipinski definition) is 1. The summed E-state index contributed by atoms with van der Waals surface area (Å²) in [6.45, 7) is 2.94. The molecule has 4 nitrogen and oxygen atoms in total. The molecule has 0 fully saturated rings. The second-order valence-electron chi connectivity index (χ2n) is 3.41. The average molecular weight is 220 g/mol. The minimum atomic E-state index is -0.936. The third kappa shape index (κ3) is 2.06. The molecule has 1 aromatic carbocycles. The highest BCUT2D eigenvalue weighted by atomic mass is 16.5. The number of carboxylic acid groups (broad SMARTS) is 1. The van der Waals surface area contributed by atoms with Crippen LogP contribution in [0.4, 0.5) is 0 Å². The first kappa shape index (κ1) is 10.7. The molecule has 2 aromatic rings. The van der Waals surface area contributed by atoms with Gasteiger partial charge in [0, 0.05) is 12.0 Å². The molecule has 0 amide bonds. The third-order valence-corrected chi connectivity index (χ3v) is 2.26. The van der Waals surface area contributed by atoms with Gasteiger partial charge in [0.15, 0.2) is 0 Å². The number of fused-ring (bicyclic) bond motifs is 1. The van der Waals surface area contributed by atoms with Gasteiger partial charge in [-0.25, -0.2) is 4.79 Å². The van der Waals surface area contributed by atoms with Crippen LogP contribution in [0, 0.1) is 0 Å². The zero-order chi connectivity index (χ0) is 11.5. The highest BCUT2D eigenvalue weighted by Crippen LogP contribution is 2.21. The summed E-state index contributed by atoms with van der Waals surface area (Å²) in [4.78, 5) is 10.8. The molecule has 0 aliphatic rings. The van der Waals surface area contributed by atoms with Gasteiger partial charge < -0.3 is 14.3 Å². The molecule has 1 heterocycles. The van der Waals surface area contributed by atoms with Crippen LogP contribution in [0.15, 0.2) is 28.7 Å². The number of ether oxygens (including phenoxy) is 1. The molecule has 0 unspecified atom stereocenters. The lowest BCUT2D eigenvalue weighted by Gasteiger charge is -1.94. The smallest absolute Gasteiger partial charge is 0.335 e. The summed E-state index contributed by atoms with van der Waals surface area (Å²) in [5, 5.41) is 9.62. The van der Waals surface area contributed by atoms with Gasteiger partial charge >= 0.3 is 5.97 Å². The maximum Gasteiger partial charge on any atom is 0.335 e. The Hall–Kier alpha value is -1.81. The van der Waals surface area contributed by atoms with Crippen molar-refractivity contribution in [1.82, 2.24) is 0 Å². The Morgan fingerprint density at radius 1 is 1.44 bits per heavy atom. The van der Waals surface area contributed by atoms with Crippen LogP contribution < -0.4 is 0 Å². The quantitative estimate of drug-likeness (QED) is 0.860. The summed E-state index contributed by atoms with van der Waals surface area (Å²) in [6.07, 6.45) is 0. The zero-order valence-corrected chi connectivity index (χ0v) is 8.90. The van der Waals surface area contributed by atoms with Crippen LogP contribution in [-0.2, 0) is 11.3 Å². The molecule has 2 rings (SSSR count). The van der Waals surface area contributed by atoms with Crippen LogP contribution in [0.3, 0.4) is 0 Å². The fourth-order valence-corrected chi connectivity index (χ4v) is 1.51. The van der Waals surface area contributed by atoms with Crippen molar-refractivity contribution in [2.45, 2.75) is 13.5 Å². The standard InChI is InChI=1S/C12H12O4/c1-2-15-7-10-6-9-5-8(12(13)14)3-4-11(9)16-10/h3-6H,2,7H2,1H3,(H,13,14). The van der Waals surface area contributed by atoms with Crippen LogP contribution in [-0.4, -0.2) is 17.7 Å². The van der Waals surface area contributed by atoms with Crippen LogP contribution in [0.5, 0.6) is 0 Å². The van der Waals surface area contributed by atoms with Gasteiger partial charge in [-0.15, -0.1) is 0 Å². The highest BCUT2D eigenvalue weighted by molar-refractivity contribution is 5.93. The Morgan fingerprint density at radius 3 is 2.94 bits per heavy atom. The molecule has 0 spiro atoms. The Morgan fingerprint density at radius 2 is 2.25 bits per heavy atom. The third-order valence-electron chi connectivity index (χ3n) is 2.26. The molecule has 0 bridgehead atoms. The number of benzene rings is 1. The van der Waals surface area contributed by atoms with Gasteiger partial charge in [0.1, 0.15) is 18.0 Å². The fourth-order valence-electron chi connectivity index (χ4n) is 1.51. The summed E-state index contributed by atoms with van der Waals surface area (Å²) in [5.41, 5.74) is 0.941. The maximum absolute atomic E-state index is 10.8. The summed E-state index contributed by atoms with van der Waals surface area (Å²) < 4.78 is 10.7. The topological polar surface area (TPSA) is 59.7 Å². The van der Waals surface area contributed by atoms with E-state index in [-0.39, 0.29) is 5.56 Å². The minimum absolute atomic E-state index is 0.260. The molecule has 0 aliphatic heterocycles. The van der Waals surface area contributed by atoms with Crippen molar-refractivity contribution in [3.05, 3.63) is 35.6 Å². The molecule has 84 valence electrons. The molecular weight excluding hydrogens is 208 g/mol. The van der Waals surface area contributed by atoms with Gasteiger partial charge in [0.05, 0.1) is 5.56 Å². The van der Waals surface area contributed by atoms with Crippen molar-refractivity contribution in [3.8, 4) is 0 Å². The largest absolute Gasteiger partial charge is 0.478 e. The van der Waals surface area contributed by atoms with E-state index in [2.05, 4.69) is 0 Å². The number of aromatic carboxylic acids is 1. The van der Waals surface area contributed by atoms with Crippen LogP contribution in [0.25, 0.3) is 11.0 Å². The first-order chi connectivity index (χ1) is 7.70. The van der Waals surface area contributed by atoms with E-state index < -0.39 is 5.97 Å². The van der Waals surface area contributed by atoms with E-state index in [1.165, 1.54) is 6.07 Å². The van der Waals surface area contributed by atoms with Crippen molar-refractivity contribution in [2.75, 3.05) is 6.61 Å². The Bertz CT molecular complexity index is 513. The lowest BCUT2D eigenvalue weighted by molar-refractivity contribution is 0.0697. The monoisotopic (exact) mass is 220 g/mol. The second-order valence-corrected chi connectivity index (χ2v) is 3.41. The second kappa shape index (κ2) is 4.37. The van der Waals surface area contributed by atoms with E-state index in [0.717, 1.165) is 5.39 Å². The molecule has 0 radical (unpaired) electrons. The van der Waals surface area contributed by atoms with Gasteiger partial charge in [-0.05, 0) is 31.2 Å². The molecule has 4 heteroatoms. The average Bonchev–Trinajstić information content (AvgIpc) is 2.67. The van der Waals surface area contributed by atoms with Crippen molar-refractivity contribution in [1.29, 1.82) is 0 Å². The molecular formula is C12H12O4. The summed E-state index contributed by atoms with van der Waals surface area (Å²) in [5.74, 6) is -0.228. The molecule has 16 heavy (non-hydrogen) atoms. The highest BCUT2D eigenvalue weighted by Gasteiger charge is 2.07. The molecule has 0 saturated carbocycles. The van der Waals surface area contributed by atoms with Gasteiger partial charge in [-0.3, -0.25) is 0 Å². The predicted molar refractivity (Wildman–Crippen MR) is 58.5 cm³/mol. The Labute approximate surface area is 92.4 Å². The zero-order valence-electron chi connectivity index (χ0n) is 8.90. The van der Waals surface area contributed by atoms with Gasteiger partial charge in [0.25, 0.3) is 0 Å². The molecule has 0 atom stereocenters. The minimum Gasteiger partial charge on any atom is -0.478 e. The van der Waals surface area contributed by atoms with E-state index in [9.17, 15) is 4.79 Å². The fraction of sp³-hybridized carbons (Fsp3) is 0.250. The summed E-state index contributed by atoms with van der Waals surface area (Å²) in [6, 6.07) is 6.58. The van der Waals surface area contributed by atoms with Crippen molar-refractivity contribution in [2.24, 2.45) is 0 Å². The predicted octanol–water partition coefficient (Wildman–Crippen LogP) is 2.67. The molecule has 1 N–H and O–H groups in total. The van der Waals surface area contributed by atoms with E-state index in [1.807, 2.05) is 6.92 Å². The Kier molecular flexibility index (Phi) is 2.92. The van der Waals surface area contributed by atoms with Crippen molar-refractivity contribution in [3.63, 3.8) is 0 Å². The van der Waals surface area contributed by atoms with Gasteiger partial charge in [-0.2, -0.15) is 0 Å². The van der Waals surface area contributed by atoms with Crippen LogP contribution in [0.2, 0.25) is 0 Å². The first-order valence-electron chi connectivity index (χ1n) is 5.04. The Balaban J connectivity index is 2.34. The van der Waals surface area contributed by atoms with Crippen molar-refractivity contribution < 1.29 is 19.1 Å². The van der Waals surface area contributed by atoms with E-state index in [4.69, 9.17) is 14.3 Å². The summed E-state index contributed by atoms with van der Waals surface area (Å²) in [7, 11) is 0. The van der Waals surface area contributed by atoms with E-state index in [0.29, 0.717) is 24.6 Å².